The molecule has 156 valence electrons. The van der Waals surface area contributed by atoms with Gasteiger partial charge in [0.05, 0.1) is 19.7 Å². The molecule has 3 rings (SSSR count). The van der Waals surface area contributed by atoms with Crippen LogP contribution < -0.4 is 15.4 Å². The number of guanidine groups is 1. The minimum Gasteiger partial charge on any atom is -0.497 e. The van der Waals surface area contributed by atoms with Gasteiger partial charge >= 0.3 is 0 Å². The molecule has 0 bridgehead atoms. The molecule has 1 aliphatic heterocycles. The summed E-state index contributed by atoms with van der Waals surface area (Å²) in [7, 11) is 1.70. The van der Waals surface area contributed by atoms with Gasteiger partial charge in [-0.05, 0) is 62.2 Å². The average Bonchev–Trinajstić information content (AvgIpc) is 3.28. The molecule has 0 saturated carbocycles. The Morgan fingerprint density at radius 3 is 2.55 bits per heavy atom. The lowest BCUT2D eigenvalue weighted by Gasteiger charge is -2.29. The number of hydrogen-bond donors (Lipinski definition) is 2. The summed E-state index contributed by atoms with van der Waals surface area (Å²) in [5.41, 5.74) is 2.32. The summed E-state index contributed by atoms with van der Waals surface area (Å²) in [5.74, 6) is 1.69. The molecule has 29 heavy (non-hydrogen) atoms. The number of methoxy groups -OCH3 is 1. The van der Waals surface area contributed by atoms with Gasteiger partial charge in [0.15, 0.2) is 5.96 Å². The summed E-state index contributed by atoms with van der Waals surface area (Å²) < 4.78 is 5.31. The maximum Gasteiger partial charge on any atom is 0.191 e. The number of aromatic nitrogens is 1. The molecule has 1 aromatic heterocycles. The van der Waals surface area contributed by atoms with E-state index in [4.69, 9.17) is 21.3 Å². The van der Waals surface area contributed by atoms with Gasteiger partial charge < -0.3 is 15.4 Å². The third-order valence-electron chi connectivity index (χ3n) is 5.10. The first kappa shape index (κ1) is 21.4. The number of aliphatic imine (C=N–C) groups is 1. The summed E-state index contributed by atoms with van der Waals surface area (Å²) in [6.45, 7) is 6.47. The SMILES string of the molecule is CCNC(=NCc1ccc(Cl)nc1)NCC(c1ccc(OC)cc1)N1CCCC1. The van der Waals surface area contributed by atoms with E-state index in [9.17, 15) is 0 Å². The van der Waals surface area contributed by atoms with Crippen molar-refractivity contribution in [2.75, 3.05) is 33.3 Å². The van der Waals surface area contributed by atoms with Crippen LogP contribution in [0.3, 0.4) is 0 Å². The van der Waals surface area contributed by atoms with Crippen molar-refractivity contribution >= 4 is 17.6 Å². The monoisotopic (exact) mass is 415 g/mol. The second kappa shape index (κ2) is 11.0. The average molecular weight is 416 g/mol. The van der Waals surface area contributed by atoms with Gasteiger partial charge in [0.2, 0.25) is 0 Å². The Bertz CT molecular complexity index is 773. The summed E-state index contributed by atoms with van der Waals surface area (Å²) in [5, 5.41) is 7.36. The van der Waals surface area contributed by atoms with Gasteiger partial charge in [0.25, 0.3) is 0 Å². The number of nitrogens with zero attached hydrogens (tertiary/aromatic N) is 3. The van der Waals surface area contributed by atoms with Crippen LogP contribution >= 0.6 is 11.6 Å². The molecule has 1 atom stereocenters. The Kier molecular flexibility index (Phi) is 8.14. The van der Waals surface area contributed by atoms with Crippen molar-refractivity contribution in [3.8, 4) is 5.75 Å². The molecule has 1 aromatic carbocycles. The fourth-order valence-electron chi connectivity index (χ4n) is 3.54. The van der Waals surface area contributed by atoms with E-state index in [0.717, 1.165) is 43.5 Å². The fourth-order valence-corrected chi connectivity index (χ4v) is 3.65. The molecule has 2 N–H and O–H groups in total. The molecule has 7 heteroatoms. The number of ether oxygens (including phenoxy) is 1. The van der Waals surface area contributed by atoms with E-state index in [1.165, 1.54) is 18.4 Å². The van der Waals surface area contributed by atoms with Gasteiger partial charge in [-0.15, -0.1) is 0 Å². The van der Waals surface area contributed by atoms with E-state index in [-0.39, 0.29) is 0 Å². The molecule has 1 unspecified atom stereocenters. The fraction of sp³-hybridized carbons (Fsp3) is 0.455. The standard InChI is InChI=1S/C22H30ClN5O/c1-3-24-22(26-15-17-6-11-21(23)25-14-17)27-16-20(28-12-4-5-13-28)18-7-9-19(29-2)10-8-18/h6-11,14,20H,3-5,12-13,15-16H2,1-2H3,(H2,24,26,27). The van der Waals surface area contributed by atoms with Crippen molar-refractivity contribution in [3.63, 3.8) is 0 Å². The van der Waals surface area contributed by atoms with Gasteiger partial charge in [0.1, 0.15) is 10.9 Å². The maximum absolute atomic E-state index is 5.86. The van der Waals surface area contributed by atoms with Gasteiger partial charge in [-0.1, -0.05) is 29.8 Å². The van der Waals surface area contributed by atoms with Crippen LogP contribution in [0.5, 0.6) is 5.75 Å². The second-order valence-electron chi connectivity index (χ2n) is 7.10. The van der Waals surface area contributed by atoms with E-state index < -0.39 is 0 Å². The molecule has 2 heterocycles. The Balaban J connectivity index is 1.68. The lowest BCUT2D eigenvalue weighted by atomic mass is 10.1. The van der Waals surface area contributed by atoms with Gasteiger partial charge in [-0.2, -0.15) is 0 Å². The number of pyridine rings is 1. The lowest BCUT2D eigenvalue weighted by molar-refractivity contribution is 0.245. The van der Waals surface area contributed by atoms with Gasteiger partial charge in [-0.3, -0.25) is 4.90 Å². The molecule has 2 aromatic rings. The highest BCUT2D eigenvalue weighted by Gasteiger charge is 2.23. The molecule has 1 saturated heterocycles. The number of nitrogens with one attached hydrogen (secondary N) is 2. The Labute approximate surface area is 178 Å². The van der Waals surface area contributed by atoms with Crippen LogP contribution in [-0.2, 0) is 6.54 Å². The van der Waals surface area contributed by atoms with Crippen LogP contribution in [0.25, 0.3) is 0 Å². The number of benzene rings is 1. The van der Waals surface area contributed by atoms with Crippen molar-refractivity contribution < 1.29 is 4.74 Å². The number of hydrogen-bond acceptors (Lipinski definition) is 4. The van der Waals surface area contributed by atoms with Gasteiger partial charge in [-0.25, -0.2) is 9.98 Å². The summed E-state index contributed by atoms with van der Waals surface area (Å²) in [4.78, 5) is 11.4. The molecule has 1 aliphatic rings. The normalized spacial score (nSPS) is 15.9. The lowest BCUT2D eigenvalue weighted by Crippen LogP contribution is -2.42. The Hall–Kier alpha value is -2.31. The van der Waals surface area contributed by atoms with Crippen molar-refractivity contribution in [2.45, 2.75) is 32.4 Å². The van der Waals surface area contributed by atoms with Crippen LogP contribution in [0.4, 0.5) is 0 Å². The molecule has 6 nitrogen and oxygen atoms in total. The number of rotatable bonds is 8. The molecular formula is C22H30ClN5O. The van der Waals surface area contributed by atoms with Crippen LogP contribution in [0.1, 0.15) is 36.9 Å². The Morgan fingerprint density at radius 2 is 1.93 bits per heavy atom. The maximum atomic E-state index is 5.86. The van der Waals surface area contributed by atoms with E-state index >= 15 is 0 Å². The van der Waals surface area contributed by atoms with Crippen molar-refractivity contribution in [1.29, 1.82) is 0 Å². The summed E-state index contributed by atoms with van der Waals surface area (Å²) in [6.07, 6.45) is 4.27. The zero-order valence-electron chi connectivity index (χ0n) is 17.2. The van der Waals surface area contributed by atoms with Crippen LogP contribution in [0, 0.1) is 0 Å². The Morgan fingerprint density at radius 1 is 1.17 bits per heavy atom. The minimum atomic E-state index is 0.296. The minimum absolute atomic E-state index is 0.296. The predicted molar refractivity (Wildman–Crippen MR) is 119 cm³/mol. The zero-order valence-corrected chi connectivity index (χ0v) is 18.0. The third-order valence-corrected chi connectivity index (χ3v) is 5.32. The molecular weight excluding hydrogens is 386 g/mol. The molecule has 0 amide bonds. The van der Waals surface area contributed by atoms with Crippen LogP contribution in [0.2, 0.25) is 5.15 Å². The molecule has 0 aliphatic carbocycles. The largest absolute Gasteiger partial charge is 0.497 e. The van der Waals surface area contributed by atoms with Crippen LogP contribution in [-0.4, -0.2) is 49.1 Å². The summed E-state index contributed by atoms with van der Waals surface area (Å²) >= 11 is 5.86. The van der Waals surface area contributed by atoms with Crippen molar-refractivity contribution in [2.24, 2.45) is 4.99 Å². The summed E-state index contributed by atoms with van der Waals surface area (Å²) in [6, 6.07) is 12.4. The third kappa shape index (κ3) is 6.34. The van der Waals surface area contributed by atoms with E-state index in [1.807, 2.05) is 18.2 Å². The van der Waals surface area contributed by atoms with Crippen molar-refractivity contribution in [1.82, 2.24) is 20.5 Å². The first-order valence-corrected chi connectivity index (χ1v) is 10.6. The zero-order chi connectivity index (χ0) is 20.5. The highest BCUT2D eigenvalue weighted by molar-refractivity contribution is 6.29. The van der Waals surface area contributed by atoms with E-state index in [0.29, 0.717) is 17.7 Å². The highest BCUT2D eigenvalue weighted by Crippen LogP contribution is 2.26. The van der Waals surface area contributed by atoms with E-state index in [2.05, 4.69) is 39.6 Å². The van der Waals surface area contributed by atoms with E-state index in [1.54, 1.807) is 19.4 Å². The topological polar surface area (TPSA) is 61.8 Å². The number of halogens is 1. The quantitative estimate of drug-likeness (QED) is 0.391. The molecule has 1 fully saturated rings. The second-order valence-corrected chi connectivity index (χ2v) is 7.48. The first-order chi connectivity index (χ1) is 14.2. The van der Waals surface area contributed by atoms with Crippen LogP contribution in [0.15, 0.2) is 47.6 Å². The smallest absolute Gasteiger partial charge is 0.191 e. The van der Waals surface area contributed by atoms with Crippen molar-refractivity contribution in [3.05, 3.63) is 58.9 Å². The number of likely N-dealkylation sites (tertiary alicyclic amines) is 1. The molecule has 0 spiro atoms. The first-order valence-electron chi connectivity index (χ1n) is 10.2. The van der Waals surface area contributed by atoms with Gasteiger partial charge in [0, 0.05) is 19.3 Å². The highest BCUT2D eigenvalue weighted by atomic mass is 35.5. The molecule has 0 radical (unpaired) electrons. The predicted octanol–water partition coefficient (Wildman–Crippen LogP) is 3.64.